The molecule has 28 heavy (non-hydrogen) atoms. The van der Waals surface area contributed by atoms with Gasteiger partial charge < -0.3 is 4.57 Å². The summed E-state index contributed by atoms with van der Waals surface area (Å²) in [5.74, 6) is 1.80. The van der Waals surface area contributed by atoms with Crippen LogP contribution in [-0.4, -0.2) is 14.5 Å². The van der Waals surface area contributed by atoms with Gasteiger partial charge in [-0.2, -0.15) is 0 Å². The Bertz CT molecular complexity index is 1080. The Kier molecular flexibility index (Phi) is 6.18. The number of para-hydroxylation sites is 1. The van der Waals surface area contributed by atoms with Crippen molar-refractivity contribution in [2.45, 2.75) is 46.5 Å². The summed E-state index contributed by atoms with van der Waals surface area (Å²) in [5.41, 5.74) is 5.95. The van der Waals surface area contributed by atoms with E-state index < -0.39 is 0 Å². The first kappa shape index (κ1) is 20.9. The molecule has 0 amide bonds. The van der Waals surface area contributed by atoms with Gasteiger partial charge in [0.2, 0.25) is 0 Å². The second-order valence-electron chi connectivity index (χ2n) is 7.54. The van der Waals surface area contributed by atoms with Gasteiger partial charge >= 0.3 is 0 Å². The maximum absolute atomic E-state index is 4.69. The monoisotopic (exact) mass is 567 g/mol. The van der Waals surface area contributed by atoms with E-state index in [2.05, 4.69) is 73.8 Å². The van der Waals surface area contributed by atoms with E-state index in [1.807, 2.05) is 19.2 Å². The number of aromatic nitrogens is 3. The molecule has 0 bridgehead atoms. The summed E-state index contributed by atoms with van der Waals surface area (Å²) in [6, 6.07) is 14.2. The van der Waals surface area contributed by atoms with Crippen LogP contribution in [-0.2, 0) is 20.1 Å². The molecule has 0 aliphatic carbocycles. The number of imidazole rings is 1. The van der Waals surface area contributed by atoms with Crippen molar-refractivity contribution in [3.05, 3.63) is 64.9 Å². The molecule has 3 nitrogen and oxygen atoms in total. The van der Waals surface area contributed by atoms with Gasteiger partial charge in [-0.05, 0) is 40.1 Å². The minimum Gasteiger partial charge on any atom is -0.340 e. The summed E-state index contributed by atoms with van der Waals surface area (Å²) >= 11 is 1.71. The van der Waals surface area contributed by atoms with Crippen molar-refractivity contribution < 1.29 is 20.1 Å². The van der Waals surface area contributed by atoms with Crippen molar-refractivity contribution in [3.63, 3.8) is 0 Å². The topological polar surface area (TPSA) is 30.7 Å². The molecule has 0 aliphatic heterocycles. The fourth-order valence-electron chi connectivity index (χ4n) is 3.59. The van der Waals surface area contributed by atoms with E-state index in [-0.39, 0.29) is 20.1 Å². The zero-order chi connectivity index (χ0) is 19.1. The van der Waals surface area contributed by atoms with Crippen LogP contribution in [0.2, 0.25) is 0 Å². The van der Waals surface area contributed by atoms with Gasteiger partial charge in [0, 0.05) is 38.2 Å². The number of aryl methyl sites for hydroxylation is 1. The van der Waals surface area contributed by atoms with Crippen molar-refractivity contribution in [1.82, 2.24) is 14.5 Å². The molecule has 2 aromatic heterocycles. The number of rotatable bonds is 4. The van der Waals surface area contributed by atoms with Crippen LogP contribution in [0, 0.1) is 13.0 Å². The quantitative estimate of drug-likeness (QED) is 0.264. The van der Waals surface area contributed by atoms with Crippen LogP contribution in [0.15, 0.2) is 42.7 Å². The first-order valence-corrected chi connectivity index (χ1v) is 10.2. The van der Waals surface area contributed by atoms with Crippen LogP contribution in [0.4, 0.5) is 0 Å². The van der Waals surface area contributed by atoms with E-state index in [1.54, 1.807) is 11.3 Å². The first-order chi connectivity index (χ1) is 13.0. The fraction of sp³-hybridized carbons (Fsp3) is 0.304. The van der Waals surface area contributed by atoms with Gasteiger partial charge in [0.05, 0.1) is 10.8 Å². The number of thiazole rings is 1. The molecule has 5 heteroatoms. The summed E-state index contributed by atoms with van der Waals surface area (Å²) in [6.45, 7) is 11.0. The maximum atomic E-state index is 4.69. The fourth-order valence-corrected chi connectivity index (χ4v) is 4.43. The Hall–Kier alpha value is -1.81. The zero-order valence-electron chi connectivity index (χ0n) is 16.8. The summed E-state index contributed by atoms with van der Waals surface area (Å²) in [6.07, 6.45) is 3.95. The normalized spacial score (nSPS) is 11.4. The Labute approximate surface area is 184 Å². The van der Waals surface area contributed by atoms with Gasteiger partial charge in [0.25, 0.3) is 0 Å². The molecule has 0 atom stereocenters. The third-order valence-electron chi connectivity index (χ3n) is 4.89. The second-order valence-corrected chi connectivity index (χ2v) is 8.78. The standard InChI is InChI=1S/C23H24N3S.Ir/c1-14(2)18-7-6-8-19(15(3)4)22(18)26-12-11-24-23(26)17-9-10-20-21(13-17)27-16(5)25-20;/h6-8,10-15H,1-5H3;/q-1;. The van der Waals surface area contributed by atoms with Crippen LogP contribution in [0.25, 0.3) is 27.3 Å². The van der Waals surface area contributed by atoms with Gasteiger partial charge in [-0.15, -0.1) is 35.1 Å². The van der Waals surface area contributed by atoms with Gasteiger partial charge in [0.15, 0.2) is 0 Å². The molecule has 0 saturated carbocycles. The molecule has 2 heterocycles. The molecule has 2 aromatic carbocycles. The molecule has 147 valence electrons. The Morgan fingerprint density at radius 3 is 2.39 bits per heavy atom. The molecular formula is C23H24IrN3S-. The number of benzene rings is 2. The number of hydrogen-bond acceptors (Lipinski definition) is 3. The molecule has 0 fully saturated rings. The predicted molar refractivity (Wildman–Crippen MR) is 114 cm³/mol. The van der Waals surface area contributed by atoms with Crippen LogP contribution in [0.5, 0.6) is 0 Å². The van der Waals surface area contributed by atoms with Crippen molar-refractivity contribution in [3.8, 4) is 17.1 Å². The molecule has 0 aliphatic rings. The molecule has 1 radical (unpaired) electrons. The third-order valence-corrected chi connectivity index (χ3v) is 5.83. The third kappa shape index (κ3) is 3.71. The molecular weight excluding hydrogens is 543 g/mol. The zero-order valence-corrected chi connectivity index (χ0v) is 20.0. The predicted octanol–water partition coefficient (Wildman–Crippen LogP) is 6.50. The second kappa shape index (κ2) is 8.28. The molecule has 4 rings (SSSR count). The molecule has 0 spiro atoms. The van der Waals surface area contributed by atoms with Crippen molar-refractivity contribution >= 4 is 21.6 Å². The molecule has 4 aromatic rings. The molecule has 0 saturated heterocycles. The smallest absolute Gasteiger partial charge is 0.0779 e. The van der Waals surface area contributed by atoms with Gasteiger partial charge in [-0.1, -0.05) is 45.9 Å². The summed E-state index contributed by atoms with van der Waals surface area (Å²) < 4.78 is 3.41. The average Bonchev–Trinajstić information content (AvgIpc) is 3.25. The maximum Gasteiger partial charge on any atom is 0.0779 e. The van der Waals surface area contributed by atoms with Gasteiger partial charge in [-0.3, -0.25) is 9.97 Å². The van der Waals surface area contributed by atoms with Crippen molar-refractivity contribution in [2.75, 3.05) is 0 Å². The van der Waals surface area contributed by atoms with Crippen molar-refractivity contribution in [1.29, 1.82) is 0 Å². The SMILES string of the molecule is Cc1nc2c[c-]c(-c3nccn3-c3c(C(C)C)cccc3C(C)C)cc2s1.[Ir]. The van der Waals surface area contributed by atoms with Crippen LogP contribution >= 0.6 is 11.3 Å². The van der Waals surface area contributed by atoms with E-state index in [0.29, 0.717) is 11.8 Å². The number of fused-ring (bicyclic) bond motifs is 1. The minimum absolute atomic E-state index is 0. The van der Waals surface area contributed by atoms with E-state index >= 15 is 0 Å². The van der Waals surface area contributed by atoms with Crippen molar-refractivity contribution in [2.24, 2.45) is 0 Å². The summed E-state index contributed by atoms with van der Waals surface area (Å²) in [5, 5.41) is 1.08. The van der Waals surface area contributed by atoms with Crippen LogP contribution in [0.3, 0.4) is 0 Å². The Morgan fingerprint density at radius 1 is 1.07 bits per heavy atom. The van der Waals surface area contributed by atoms with E-state index in [4.69, 9.17) is 4.98 Å². The van der Waals surface area contributed by atoms with Crippen LogP contribution in [0.1, 0.15) is 55.7 Å². The van der Waals surface area contributed by atoms with Gasteiger partial charge in [0.1, 0.15) is 0 Å². The molecule has 0 N–H and O–H groups in total. The number of nitrogens with zero attached hydrogens (tertiary/aromatic N) is 3. The average molecular weight is 567 g/mol. The van der Waals surface area contributed by atoms with E-state index in [0.717, 1.165) is 21.9 Å². The molecule has 0 unspecified atom stereocenters. The summed E-state index contributed by atoms with van der Waals surface area (Å²) in [7, 11) is 0. The van der Waals surface area contributed by atoms with E-state index in [1.165, 1.54) is 21.5 Å². The minimum atomic E-state index is 0. The van der Waals surface area contributed by atoms with Crippen LogP contribution < -0.4 is 0 Å². The Morgan fingerprint density at radius 2 is 1.75 bits per heavy atom. The van der Waals surface area contributed by atoms with E-state index in [9.17, 15) is 0 Å². The summed E-state index contributed by atoms with van der Waals surface area (Å²) in [4.78, 5) is 9.24. The Balaban J connectivity index is 0.00000225. The largest absolute Gasteiger partial charge is 0.340 e. The van der Waals surface area contributed by atoms with Gasteiger partial charge in [-0.25, -0.2) is 0 Å². The first-order valence-electron chi connectivity index (χ1n) is 9.41. The number of hydrogen-bond donors (Lipinski definition) is 0.